The number of hydrogen-bond donors (Lipinski definition) is 4. The zero-order valence-corrected chi connectivity index (χ0v) is 23.2. The Bertz CT molecular complexity index is 1500. The van der Waals surface area contributed by atoms with E-state index in [1.54, 1.807) is 25.1 Å². The van der Waals surface area contributed by atoms with Crippen molar-refractivity contribution in [1.29, 1.82) is 0 Å². The summed E-state index contributed by atoms with van der Waals surface area (Å²) in [5.41, 5.74) is 8.34. The molecule has 2 aromatic carbocycles. The number of halogens is 1. The first kappa shape index (κ1) is 28.5. The lowest BCUT2D eigenvalue weighted by atomic mass is 9.59. The number of nitrogens with zero attached hydrogens (tertiary/aromatic N) is 2. The average molecular weight is 564 g/mol. The standard InChI is InChI=1S/C31H34FN3O6/c1-34(2)26-20-13-17-12-19-18(16-6-4-15(5-7-16)14-35(3)11-10-32)8-9-21(36)23(19)27(37)22(17)28(38)24(20)29(39)25(30(26)40)31(33)41/h4-9,17,20,24,26,36-37,40H,10-14H2,1-3H3,(H2,33,41)/t17?,20?,24?,26-/m1/s1. The summed E-state index contributed by atoms with van der Waals surface area (Å²) in [5.74, 6) is -6.00. The van der Waals surface area contributed by atoms with Crippen molar-refractivity contribution in [3.63, 3.8) is 0 Å². The van der Waals surface area contributed by atoms with Gasteiger partial charge in [-0.2, -0.15) is 0 Å². The quantitative estimate of drug-likeness (QED) is 0.297. The number of aliphatic hydroxyl groups excluding tert-OH is 2. The Morgan fingerprint density at radius 2 is 1.71 bits per heavy atom. The zero-order valence-electron chi connectivity index (χ0n) is 23.2. The van der Waals surface area contributed by atoms with Crippen molar-refractivity contribution in [2.75, 3.05) is 34.4 Å². The molecule has 3 aliphatic rings. The highest BCUT2D eigenvalue weighted by atomic mass is 19.1. The molecule has 41 heavy (non-hydrogen) atoms. The lowest BCUT2D eigenvalue weighted by Gasteiger charge is -2.46. The van der Waals surface area contributed by atoms with E-state index in [0.29, 0.717) is 25.1 Å². The maximum atomic E-state index is 13.9. The van der Waals surface area contributed by atoms with E-state index in [-0.39, 0.29) is 29.1 Å². The molecule has 10 heteroatoms. The van der Waals surface area contributed by atoms with E-state index in [1.165, 1.54) is 6.07 Å². The normalized spacial score (nSPS) is 24.0. The Balaban J connectivity index is 1.57. The second-order valence-corrected chi connectivity index (χ2v) is 11.4. The highest BCUT2D eigenvalue weighted by Gasteiger charge is 2.55. The number of aliphatic hydroxyl groups is 2. The van der Waals surface area contributed by atoms with Crippen molar-refractivity contribution in [3.8, 4) is 16.9 Å². The largest absolute Gasteiger partial charge is 0.510 e. The summed E-state index contributed by atoms with van der Waals surface area (Å²) in [6.45, 7) is 0.493. The van der Waals surface area contributed by atoms with E-state index >= 15 is 0 Å². The molecule has 0 radical (unpaired) electrons. The number of primary amides is 1. The van der Waals surface area contributed by atoms with E-state index in [4.69, 9.17) is 5.73 Å². The van der Waals surface area contributed by atoms with Gasteiger partial charge < -0.3 is 21.1 Å². The molecule has 1 amide bonds. The fourth-order valence-corrected chi connectivity index (χ4v) is 6.86. The summed E-state index contributed by atoms with van der Waals surface area (Å²) in [7, 11) is 5.22. The number of likely N-dealkylation sites (N-methyl/N-ethyl adjacent to an activating group) is 1. The number of phenolic OH excluding ortho intramolecular Hbond substituents is 1. The van der Waals surface area contributed by atoms with Crippen molar-refractivity contribution in [3.05, 3.63) is 70.0 Å². The molecule has 2 aromatic rings. The number of amides is 1. The first-order valence-electron chi connectivity index (χ1n) is 13.6. The second-order valence-electron chi connectivity index (χ2n) is 11.4. The maximum Gasteiger partial charge on any atom is 0.255 e. The van der Waals surface area contributed by atoms with Crippen LogP contribution in [0.1, 0.15) is 23.1 Å². The Morgan fingerprint density at radius 3 is 2.32 bits per heavy atom. The van der Waals surface area contributed by atoms with Crippen molar-refractivity contribution >= 4 is 23.2 Å². The molecule has 1 fully saturated rings. The number of fused-ring (bicyclic) bond motifs is 3. The molecule has 5 rings (SSSR count). The SMILES string of the molecule is CN(CCF)Cc1ccc(-c2ccc(O)c3c2CC2CC4C(C(=O)C(C(N)=O)=C(O)[C@@H]4N(C)C)C(=O)C2=C3O)cc1. The number of phenols is 1. The number of alkyl halides is 1. The van der Waals surface area contributed by atoms with Crippen LogP contribution in [-0.4, -0.2) is 83.0 Å². The number of carbonyl (C=O) groups excluding carboxylic acids is 3. The molecule has 0 saturated heterocycles. The van der Waals surface area contributed by atoms with E-state index in [9.17, 15) is 34.1 Å². The first-order chi connectivity index (χ1) is 19.5. The van der Waals surface area contributed by atoms with Gasteiger partial charge >= 0.3 is 0 Å². The minimum absolute atomic E-state index is 0.0496. The first-order valence-corrected chi connectivity index (χ1v) is 13.6. The number of rotatable bonds is 7. The van der Waals surface area contributed by atoms with Crippen LogP contribution in [0.5, 0.6) is 5.75 Å². The fraction of sp³-hybridized carbons (Fsp3) is 0.387. The highest BCUT2D eigenvalue weighted by Crippen LogP contribution is 2.51. The van der Waals surface area contributed by atoms with Gasteiger partial charge in [0.25, 0.3) is 5.91 Å². The lowest BCUT2D eigenvalue weighted by molar-refractivity contribution is -0.136. The van der Waals surface area contributed by atoms with Gasteiger partial charge in [0.1, 0.15) is 29.5 Å². The Labute approximate surface area is 237 Å². The number of ketones is 2. The van der Waals surface area contributed by atoms with Gasteiger partial charge in [0.05, 0.1) is 17.5 Å². The molecule has 9 nitrogen and oxygen atoms in total. The minimum atomic E-state index is -1.29. The summed E-state index contributed by atoms with van der Waals surface area (Å²) in [6.07, 6.45) is 0.602. The monoisotopic (exact) mass is 563 g/mol. The molecule has 0 aliphatic heterocycles. The third kappa shape index (κ3) is 4.70. The Hall–Kier alpha value is -4.02. The minimum Gasteiger partial charge on any atom is -0.510 e. The average Bonchev–Trinajstić information content (AvgIpc) is 2.88. The van der Waals surface area contributed by atoms with E-state index in [2.05, 4.69) is 0 Å². The summed E-state index contributed by atoms with van der Waals surface area (Å²) in [6, 6.07) is 10.2. The molecule has 0 heterocycles. The number of benzene rings is 2. The fourth-order valence-electron chi connectivity index (χ4n) is 6.86. The number of Topliss-reactive ketones (excluding diaryl/α,β-unsaturated/α-hetero) is 2. The molecular formula is C31H34FN3O6. The van der Waals surface area contributed by atoms with Crippen molar-refractivity contribution in [2.45, 2.75) is 25.4 Å². The number of nitrogens with two attached hydrogens (primary N) is 1. The van der Waals surface area contributed by atoms with Crippen molar-refractivity contribution < 1.29 is 34.1 Å². The van der Waals surface area contributed by atoms with Crippen molar-refractivity contribution in [2.24, 2.45) is 23.5 Å². The van der Waals surface area contributed by atoms with Crippen LogP contribution in [0.25, 0.3) is 16.9 Å². The molecule has 4 atom stereocenters. The second kappa shape index (κ2) is 10.8. The summed E-state index contributed by atoms with van der Waals surface area (Å²) >= 11 is 0. The Kier molecular flexibility index (Phi) is 7.48. The summed E-state index contributed by atoms with van der Waals surface area (Å²) in [5, 5.41) is 33.1. The Morgan fingerprint density at radius 1 is 1.02 bits per heavy atom. The maximum absolute atomic E-state index is 13.9. The molecule has 216 valence electrons. The van der Waals surface area contributed by atoms with Crippen LogP contribution in [0.15, 0.2) is 53.3 Å². The van der Waals surface area contributed by atoms with E-state index in [0.717, 1.165) is 16.7 Å². The van der Waals surface area contributed by atoms with Gasteiger partial charge in [-0.25, -0.2) is 4.39 Å². The van der Waals surface area contributed by atoms with E-state index in [1.807, 2.05) is 36.2 Å². The van der Waals surface area contributed by atoms with Gasteiger partial charge in [-0.1, -0.05) is 30.3 Å². The molecule has 3 aliphatic carbocycles. The summed E-state index contributed by atoms with van der Waals surface area (Å²) < 4.78 is 12.7. The van der Waals surface area contributed by atoms with Gasteiger partial charge in [0.2, 0.25) is 0 Å². The van der Waals surface area contributed by atoms with Crippen LogP contribution in [0.4, 0.5) is 4.39 Å². The third-order valence-electron chi connectivity index (χ3n) is 8.63. The summed E-state index contributed by atoms with van der Waals surface area (Å²) in [4.78, 5) is 42.8. The smallest absolute Gasteiger partial charge is 0.255 e. The van der Waals surface area contributed by atoms with Crippen LogP contribution in [0.2, 0.25) is 0 Å². The van der Waals surface area contributed by atoms with Gasteiger partial charge in [-0.15, -0.1) is 0 Å². The predicted octanol–water partition coefficient (Wildman–Crippen LogP) is 2.92. The molecule has 0 spiro atoms. The van der Waals surface area contributed by atoms with Crippen LogP contribution in [-0.2, 0) is 27.3 Å². The molecular weight excluding hydrogens is 529 g/mol. The van der Waals surface area contributed by atoms with Crippen LogP contribution >= 0.6 is 0 Å². The van der Waals surface area contributed by atoms with Crippen LogP contribution in [0.3, 0.4) is 0 Å². The zero-order chi connectivity index (χ0) is 29.7. The van der Waals surface area contributed by atoms with Gasteiger partial charge in [0.15, 0.2) is 11.6 Å². The predicted molar refractivity (Wildman–Crippen MR) is 151 cm³/mol. The van der Waals surface area contributed by atoms with Crippen LogP contribution in [0, 0.1) is 17.8 Å². The number of hydrogen-bond acceptors (Lipinski definition) is 8. The molecule has 0 bridgehead atoms. The third-order valence-corrected chi connectivity index (χ3v) is 8.63. The number of allylic oxidation sites excluding steroid dienone is 1. The number of carbonyl (C=O) groups is 3. The van der Waals surface area contributed by atoms with Crippen molar-refractivity contribution in [1.82, 2.24) is 9.80 Å². The van der Waals surface area contributed by atoms with E-state index < -0.39 is 59.3 Å². The van der Waals surface area contributed by atoms with Gasteiger partial charge in [-0.3, -0.25) is 24.2 Å². The molecule has 1 saturated carbocycles. The van der Waals surface area contributed by atoms with Gasteiger partial charge in [0, 0.05) is 18.7 Å². The van der Waals surface area contributed by atoms with Gasteiger partial charge in [-0.05, 0) is 74.1 Å². The molecule has 5 N–H and O–H groups in total. The molecule has 0 aromatic heterocycles. The lowest BCUT2D eigenvalue weighted by Crippen LogP contribution is -2.55. The molecule has 3 unspecified atom stereocenters. The topological polar surface area (TPSA) is 144 Å². The highest BCUT2D eigenvalue weighted by molar-refractivity contribution is 6.28. The van der Waals surface area contributed by atoms with Crippen LogP contribution < -0.4 is 5.73 Å². The number of aromatic hydroxyl groups is 1.